The topological polar surface area (TPSA) is 38.3 Å². The van der Waals surface area contributed by atoms with Gasteiger partial charge in [0, 0.05) is 10.7 Å². The maximum Gasteiger partial charge on any atom is 0.242 e. The minimum absolute atomic E-state index is 0.127. The number of halogens is 2. The van der Waals surface area contributed by atoms with E-state index in [1.807, 2.05) is 30.3 Å². The molecule has 0 aliphatic heterocycles. The van der Waals surface area contributed by atoms with Crippen LogP contribution in [-0.4, -0.2) is 5.91 Å². The van der Waals surface area contributed by atoms with Gasteiger partial charge >= 0.3 is 0 Å². The van der Waals surface area contributed by atoms with Gasteiger partial charge in [0.2, 0.25) is 5.91 Å². The molecule has 25 heavy (non-hydrogen) atoms. The Morgan fingerprint density at radius 2 is 1.44 bits per heavy atom. The van der Waals surface area contributed by atoms with Crippen LogP contribution in [0, 0.1) is 0 Å². The average molecular weight is 417 g/mol. The molecule has 0 spiro atoms. The minimum atomic E-state index is -0.404. The predicted octanol–water partition coefficient (Wildman–Crippen LogP) is 6.21. The number of alkyl halides is 1. The van der Waals surface area contributed by atoms with Crippen molar-refractivity contribution in [1.29, 1.82) is 0 Å². The molecule has 1 amide bonds. The summed E-state index contributed by atoms with van der Waals surface area (Å²) in [5, 5.41) is 3.54. The fraction of sp³-hybridized carbons (Fsp3) is 0.0500. The highest BCUT2D eigenvalue weighted by molar-refractivity contribution is 9.09. The molecule has 3 aromatic carbocycles. The monoisotopic (exact) mass is 415 g/mol. The molecular formula is C20H15BrClNO2. The molecule has 3 aromatic rings. The smallest absolute Gasteiger partial charge is 0.242 e. The van der Waals surface area contributed by atoms with Crippen LogP contribution in [0.15, 0.2) is 78.9 Å². The molecule has 0 aliphatic carbocycles. The van der Waals surface area contributed by atoms with Gasteiger partial charge in [0.1, 0.15) is 16.3 Å². The van der Waals surface area contributed by atoms with E-state index in [0.29, 0.717) is 22.2 Å². The van der Waals surface area contributed by atoms with Crippen molar-refractivity contribution >= 4 is 39.1 Å². The van der Waals surface area contributed by atoms with Crippen LogP contribution in [0.4, 0.5) is 5.69 Å². The highest BCUT2D eigenvalue weighted by atomic mass is 79.9. The number of benzene rings is 3. The van der Waals surface area contributed by atoms with Crippen LogP contribution in [0.1, 0.15) is 10.4 Å². The van der Waals surface area contributed by atoms with E-state index in [1.54, 1.807) is 48.5 Å². The van der Waals surface area contributed by atoms with Crippen molar-refractivity contribution < 1.29 is 9.53 Å². The second-order valence-electron chi connectivity index (χ2n) is 5.34. The van der Waals surface area contributed by atoms with Crippen molar-refractivity contribution in [3.05, 3.63) is 89.4 Å². The number of anilines is 1. The average Bonchev–Trinajstić information content (AvgIpc) is 2.65. The van der Waals surface area contributed by atoms with Gasteiger partial charge < -0.3 is 10.1 Å². The molecule has 0 fully saturated rings. The SMILES string of the molecule is O=C(Nc1ccc(Oc2ccc(Cl)cc2)cc1)C(Br)c1ccccc1. The van der Waals surface area contributed by atoms with Crippen LogP contribution in [0.25, 0.3) is 0 Å². The van der Waals surface area contributed by atoms with Gasteiger partial charge in [0.15, 0.2) is 0 Å². The molecule has 5 heteroatoms. The number of hydrogen-bond donors (Lipinski definition) is 1. The first-order valence-electron chi connectivity index (χ1n) is 7.65. The highest BCUT2D eigenvalue weighted by Gasteiger charge is 2.16. The third-order valence-corrected chi connectivity index (χ3v) is 4.69. The Balaban J connectivity index is 1.62. The maximum absolute atomic E-state index is 12.3. The summed E-state index contributed by atoms with van der Waals surface area (Å²) in [5.41, 5.74) is 1.61. The Kier molecular flexibility index (Phi) is 5.74. The van der Waals surface area contributed by atoms with Crippen molar-refractivity contribution in [2.75, 3.05) is 5.32 Å². The first-order valence-corrected chi connectivity index (χ1v) is 8.94. The summed E-state index contributed by atoms with van der Waals surface area (Å²) in [5.74, 6) is 1.25. The van der Waals surface area contributed by atoms with E-state index in [2.05, 4.69) is 21.2 Å². The highest BCUT2D eigenvalue weighted by Crippen LogP contribution is 2.27. The van der Waals surface area contributed by atoms with E-state index in [9.17, 15) is 4.79 Å². The number of rotatable bonds is 5. The van der Waals surface area contributed by atoms with Gasteiger partial charge in [-0.25, -0.2) is 0 Å². The number of carbonyl (C=O) groups is 1. The van der Waals surface area contributed by atoms with Crippen molar-refractivity contribution in [2.24, 2.45) is 0 Å². The fourth-order valence-electron chi connectivity index (χ4n) is 2.22. The Morgan fingerprint density at radius 3 is 2.04 bits per heavy atom. The van der Waals surface area contributed by atoms with Crippen molar-refractivity contribution in [2.45, 2.75) is 4.83 Å². The zero-order chi connectivity index (χ0) is 17.6. The molecule has 0 bridgehead atoms. The summed E-state index contributed by atoms with van der Waals surface area (Å²) >= 11 is 9.28. The lowest BCUT2D eigenvalue weighted by molar-refractivity contribution is -0.115. The van der Waals surface area contributed by atoms with E-state index in [1.165, 1.54) is 0 Å². The van der Waals surface area contributed by atoms with E-state index >= 15 is 0 Å². The summed E-state index contributed by atoms with van der Waals surface area (Å²) in [6.45, 7) is 0. The van der Waals surface area contributed by atoms with Crippen molar-refractivity contribution in [1.82, 2.24) is 0 Å². The van der Waals surface area contributed by atoms with Crippen molar-refractivity contribution in [3.8, 4) is 11.5 Å². The van der Waals surface area contributed by atoms with Crippen LogP contribution in [0.2, 0.25) is 5.02 Å². The van der Waals surface area contributed by atoms with E-state index in [0.717, 1.165) is 5.56 Å². The second-order valence-corrected chi connectivity index (χ2v) is 6.69. The van der Waals surface area contributed by atoms with Crippen LogP contribution >= 0.6 is 27.5 Å². The summed E-state index contributed by atoms with van der Waals surface area (Å²) in [6.07, 6.45) is 0. The molecule has 126 valence electrons. The fourth-order valence-corrected chi connectivity index (χ4v) is 2.77. The van der Waals surface area contributed by atoms with E-state index < -0.39 is 4.83 Å². The maximum atomic E-state index is 12.3. The molecule has 0 heterocycles. The largest absolute Gasteiger partial charge is 0.457 e. The first-order chi connectivity index (χ1) is 12.1. The van der Waals surface area contributed by atoms with E-state index in [4.69, 9.17) is 16.3 Å². The Hall–Kier alpha value is -2.30. The van der Waals surface area contributed by atoms with Gasteiger partial charge in [-0.1, -0.05) is 57.9 Å². The third-order valence-electron chi connectivity index (χ3n) is 3.49. The Labute approximate surface area is 159 Å². The molecular weight excluding hydrogens is 402 g/mol. The number of nitrogens with one attached hydrogen (secondary N) is 1. The Bertz CT molecular complexity index is 836. The van der Waals surface area contributed by atoms with Gasteiger partial charge in [-0.15, -0.1) is 0 Å². The van der Waals surface area contributed by atoms with Crippen LogP contribution < -0.4 is 10.1 Å². The van der Waals surface area contributed by atoms with Crippen LogP contribution in [-0.2, 0) is 4.79 Å². The third kappa shape index (κ3) is 4.84. The molecule has 3 nitrogen and oxygen atoms in total. The standard InChI is InChI=1S/C20H15BrClNO2/c21-19(14-4-2-1-3-5-14)20(24)23-16-8-12-18(13-9-16)25-17-10-6-15(22)7-11-17/h1-13,19H,(H,23,24). The van der Waals surface area contributed by atoms with Gasteiger partial charge in [-0.2, -0.15) is 0 Å². The van der Waals surface area contributed by atoms with Gasteiger partial charge in [-0.3, -0.25) is 4.79 Å². The second kappa shape index (κ2) is 8.19. The molecule has 0 aliphatic rings. The molecule has 1 N–H and O–H groups in total. The first kappa shape index (κ1) is 17.5. The number of amides is 1. The Morgan fingerprint density at radius 1 is 0.880 bits per heavy atom. The lowest BCUT2D eigenvalue weighted by Crippen LogP contribution is -2.16. The molecule has 0 radical (unpaired) electrons. The number of ether oxygens (including phenoxy) is 1. The molecule has 0 saturated heterocycles. The van der Waals surface area contributed by atoms with Gasteiger partial charge in [-0.05, 0) is 54.1 Å². The quantitative estimate of drug-likeness (QED) is 0.502. The lowest BCUT2D eigenvalue weighted by atomic mass is 10.1. The van der Waals surface area contributed by atoms with Gasteiger partial charge in [0.25, 0.3) is 0 Å². The van der Waals surface area contributed by atoms with Crippen molar-refractivity contribution in [3.63, 3.8) is 0 Å². The summed E-state index contributed by atoms with van der Waals surface area (Å²) < 4.78 is 5.73. The summed E-state index contributed by atoms with van der Waals surface area (Å²) in [6, 6.07) is 23.9. The lowest BCUT2D eigenvalue weighted by Gasteiger charge is -2.12. The molecule has 1 unspecified atom stereocenters. The zero-order valence-electron chi connectivity index (χ0n) is 13.2. The molecule has 0 aromatic heterocycles. The predicted molar refractivity (Wildman–Crippen MR) is 105 cm³/mol. The molecule has 0 saturated carbocycles. The zero-order valence-corrected chi connectivity index (χ0v) is 15.5. The van der Waals surface area contributed by atoms with Gasteiger partial charge in [0.05, 0.1) is 0 Å². The summed E-state index contributed by atoms with van der Waals surface area (Å²) in [4.78, 5) is 11.9. The van der Waals surface area contributed by atoms with E-state index in [-0.39, 0.29) is 5.91 Å². The normalized spacial score (nSPS) is 11.6. The minimum Gasteiger partial charge on any atom is -0.457 e. The van der Waals surface area contributed by atoms with Crippen LogP contribution in [0.5, 0.6) is 11.5 Å². The molecule has 1 atom stereocenters. The summed E-state index contributed by atoms with van der Waals surface area (Å²) in [7, 11) is 0. The number of carbonyl (C=O) groups excluding carboxylic acids is 1. The molecule has 3 rings (SSSR count). The number of hydrogen-bond acceptors (Lipinski definition) is 2. The van der Waals surface area contributed by atoms with Crippen LogP contribution in [0.3, 0.4) is 0 Å².